The van der Waals surface area contributed by atoms with Gasteiger partial charge in [-0.2, -0.15) is 0 Å². The molecule has 3 rings (SSSR count). The summed E-state index contributed by atoms with van der Waals surface area (Å²) >= 11 is 6.07. The van der Waals surface area contributed by atoms with E-state index in [9.17, 15) is 9.59 Å². The van der Waals surface area contributed by atoms with Gasteiger partial charge in [0, 0.05) is 30.3 Å². The van der Waals surface area contributed by atoms with Gasteiger partial charge in [-0.3, -0.25) is 0 Å². The molecule has 2 N–H and O–H groups in total. The summed E-state index contributed by atoms with van der Waals surface area (Å²) in [5.74, 6) is 1.16. The maximum atomic E-state index is 13.3. The molecule has 0 aromatic heterocycles. The highest BCUT2D eigenvalue weighted by Gasteiger charge is 2.19. The summed E-state index contributed by atoms with van der Waals surface area (Å²) in [6.45, 7) is 8.37. The van der Waals surface area contributed by atoms with E-state index in [1.54, 1.807) is 51.0 Å². The molecular formula is C30H36ClN3O5. The molecule has 208 valence electrons. The number of nitrogens with one attached hydrogen (secondary N) is 2. The van der Waals surface area contributed by atoms with Crippen molar-refractivity contribution in [3.63, 3.8) is 0 Å². The highest BCUT2D eigenvalue weighted by molar-refractivity contribution is 6.30. The molecule has 39 heavy (non-hydrogen) atoms. The Labute approximate surface area is 235 Å². The molecule has 0 aliphatic rings. The Morgan fingerprint density at radius 1 is 0.949 bits per heavy atom. The molecular weight excluding hydrogens is 518 g/mol. The SMILES string of the molecule is COc1cc(CN(CCNC(=O)OC(C)(C)C)C(=O)Nc2ccc(Cl)cc2C)ccc1OCc1ccccc1. The Hall–Kier alpha value is -3.91. The summed E-state index contributed by atoms with van der Waals surface area (Å²) in [4.78, 5) is 27.0. The van der Waals surface area contributed by atoms with Gasteiger partial charge in [-0.1, -0.05) is 48.0 Å². The van der Waals surface area contributed by atoms with Gasteiger partial charge >= 0.3 is 12.1 Å². The summed E-state index contributed by atoms with van der Waals surface area (Å²) in [5.41, 5.74) is 2.75. The molecule has 0 bridgehead atoms. The number of ether oxygens (including phenoxy) is 3. The summed E-state index contributed by atoms with van der Waals surface area (Å²) in [7, 11) is 1.58. The van der Waals surface area contributed by atoms with Crippen molar-refractivity contribution in [2.45, 2.75) is 46.4 Å². The topological polar surface area (TPSA) is 89.1 Å². The lowest BCUT2D eigenvalue weighted by molar-refractivity contribution is 0.0523. The zero-order valence-electron chi connectivity index (χ0n) is 23.0. The van der Waals surface area contributed by atoms with Crippen molar-refractivity contribution in [3.05, 3.63) is 88.4 Å². The number of urea groups is 1. The van der Waals surface area contributed by atoms with Crippen molar-refractivity contribution < 1.29 is 23.8 Å². The molecule has 0 fully saturated rings. The fraction of sp³-hybridized carbons (Fsp3) is 0.333. The summed E-state index contributed by atoms with van der Waals surface area (Å²) in [6.07, 6.45) is -0.544. The Kier molecular flexibility index (Phi) is 10.5. The van der Waals surface area contributed by atoms with Crippen LogP contribution in [0.2, 0.25) is 5.02 Å². The molecule has 0 unspecified atom stereocenters. The van der Waals surface area contributed by atoms with E-state index in [0.29, 0.717) is 28.8 Å². The third-order valence-electron chi connectivity index (χ3n) is 5.61. The zero-order valence-corrected chi connectivity index (χ0v) is 23.8. The van der Waals surface area contributed by atoms with Crippen molar-refractivity contribution in [1.29, 1.82) is 0 Å². The van der Waals surface area contributed by atoms with Crippen LogP contribution in [-0.4, -0.2) is 42.8 Å². The molecule has 9 heteroatoms. The van der Waals surface area contributed by atoms with E-state index in [4.69, 9.17) is 25.8 Å². The van der Waals surface area contributed by atoms with Gasteiger partial charge < -0.3 is 29.7 Å². The highest BCUT2D eigenvalue weighted by atomic mass is 35.5. The molecule has 0 saturated carbocycles. The van der Waals surface area contributed by atoms with Gasteiger partial charge in [0.2, 0.25) is 0 Å². The first-order valence-corrected chi connectivity index (χ1v) is 13.0. The monoisotopic (exact) mass is 553 g/mol. The van der Waals surface area contributed by atoms with Crippen molar-refractivity contribution in [2.75, 3.05) is 25.5 Å². The lowest BCUT2D eigenvalue weighted by Crippen LogP contribution is -2.41. The van der Waals surface area contributed by atoms with E-state index in [1.165, 1.54) is 0 Å². The van der Waals surface area contributed by atoms with Crippen LogP contribution in [0.4, 0.5) is 15.3 Å². The number of rotatable bonds is 10. The van der Waals surface area contributed by atoms with Gasteiger partial charge in [0.25, 0.3) is 0 Å². The number of methoxy groups -OCH3 is 1. The second-order valence-corrected chi connectivity index (χ2v) is 10.4. The van der Waals surface area contributed by atoms with Crippen LogP contribution in [-0.2, 0) is 17.9 Å². The minimum absolute atomic E-state index is 0.206. The van der Waals surface area contributed by atoms with Gasteiger partial charge in [-0.15, -0.1) is 0 Å². The molecule has 3 aromatic rings. The van der Waals surface area contributed by atoms with Crippen LogP contribution < -0.4 is 20.1 Å². The molecule has 3 amide bonds. The summed E-state index contributed by atoms with van der Waals surface area (Å²) in [6, 6.07) is 20.4. The number of hydrogen-bond acceptors (Lipinski definition) is 5. The number of halogens is 1. The Bertz CT molecular complexity index is 1260. The van der Waals surface area contributed by atoms with Crippen LogP contribution in [0.1, 0.15) is 37.5 Å². The Morgan fingerprint density at radius 2 is 1.69 bits per heavy atom. The molecule has 0 spiro atoms. The maximum Gasteiger partial charge on any atom is 0.407 e. The number of anilines is 1. The number of amides is 3. The van der Waals surface area contributed by atoms with E-state index in [0.717, 1.165) is 16.7 Å². The van der Waals surface area contributed by atoms with Crippen LogP contribution in [0.15, 0.2) is 66.7 Å². The van der Waals surface area contributed by atoms with E-state index in [-0.39, 0.29) is 25.7 Å². The second-order valence-electron chi connectivity index (χ2n) is 10.00. The predicted octanol–water partition coefficient (Wildman–Crippen LogP) is 6.79. The van der Waals surface area contributed by atoms with Crippen LogP contribution in [0, 0.1) is 6.92 Å². The molecule has 0 atom stereocenters. The van der Waals surface area contributed by atoms with Crippen molar-refractivity contribution in [2.24, 2.45) is 0 Å². The number of carbonyl (C=O) groups excluding carboxylic acids is 2. The minimum atomic E-state index is -0.617. The zero-order chi connectivity index (χ0) is 28.4. The number of hydrogen-bond donors (Lipinski definition) is 2. The number of aryl methyl sites for hydroxylation is 1. The van der Waals surface area contributed by atoms with Gasteiger partial charge in [0.05, 0.1) is 7.11 Å². The van der Waals surface area contributed by atoms with Gasteiger partial charge in [-0.05, 0) is 74.7 Å². The summed E-state index contributed by atoms with van der Waals surface area (Å²) in [5, 5.41) is 6.24. The third kappa shape index (κ3) is 9.72. The largest absolute Gasteiger partial charge is 0.493 e. The number of carbonyl (C=O) groups is 2. The minimum Gasteiger partial charge on any atom is -0.493 e. The standard InChI is InChI=1S/C30H36ClN3O5/c1-21-17-24(31)12-13-25(21)33-28(35)34(16-15-32-29(36)39-30(2,3)4)19-23-11-14-26(27(18-23)37-5)38-20-22-9-7-6-8-10-22/h6-14,17-18H,15-16,19-20H2,1-5H3,(H,32,36)(H,33,35). The average molecular weight is 554 g/mol. The second kappa shape index (κ2) is 13.8. The van der Waals surface area contributed by atoms with Crippen LogP contribution >= 0.6 is 11.6 Å². The first kappa shape index (κ1) is 29.6. The first-order chi connectivity index (χ1) is 18.5. The van der Waals surface area contributed by atoms with Crippen molar-refractivity contribution in [3.8, 4) is 11.5 Å². The highest BCUT2D eigenvalue weighted by Crippen LogP contribution is 2.29. The normalized spacial score (nSPS) is 10.9. The number of nitrogens with zero attached hydrogens (tertiary/aromatic N) is 1. The molecule has 0 aliphatic carbocycles. The smallest absolute Gasteiger partial charge is 0.407 e. The van der Waals surface area contributed by atoms with Crippen molar-refractivity contribution in [1.82, 2.24) is 10.2 Å². The van der Waals surface area contributed by atoms with Crippen LogP contribution in [0.3, 0.4) is 0 Å². The fourth-order valence-electron chi connectivity index (χ4n) is 3.71. The number of alkyl carbamates (subject to hydrolysis) is 1. The van der Waals surface area contributed by atoms with Gasteiger partial charge in [0.1, 0.15) is 12.2 Å². The van der Waals surface area contributed by atoms with E-state index in [2.05, 4.69) is 10.6 Å². The quantitative estimate of drug-likeness (QED) is 0.288. The molecule has 8 nitrogen and oxygen atoms in total. The average Bonchev–Trinajstić information content (AvgIpc) is 2.88. The fourth-order valence-corrected chi connectivity index (χ4v) is 3.93. The number of benzene rings is 3. The Morgan fingerprint density at radius 3 is 2.36 bits per heavy atom. The Balaban J connectivity index is 1.73. The molecule has 0 saturated heterocycles. The molecule has 0 aliphatic heterocycles. The first-order valence-electron chi connectivity index (χ1n) is 12.7. The maximum absolute atomic E-state index is 13.3. The predicted molar refractivity (Wildman–Crippen MR) is 154 cm³/mol. The lowest BCUT2D eigenvalue weighted by Gasteiger charge is -2.25. The van der Waals surface area contributed by atoms with Gasteiger partial charge in [-0.25, -0.2) is 9.59 Å². The van der Waals surface area contributed by atoms with Crippen LogP contribution in [0.5, 0.6) is 11.5 Å². The van der Waals surface area contributed by atoms with E-state index in [1.807, 2.05) is 55.5 Å². The molecule has 0 radical (unpaired) electrons. The molecule has 0 heterocycles. The van der Waals surface area contributed by atoms with E-state index < -0.39 is 11.7 Å². The van der Waals surface area contributed by atoms with E-state index >= 15 is 0 Å². The lowest BCUT2D eigenvalue weighted by atomic mass is 10.1. The third-order valence-corrected chi connectivity index (χ3v) is 5.84. The molecule has 3 aromatic carbocycles. The van der Waals surface area contributed by atoms with Gasteiger partial charge in [0.15, 0.2) is 11.5 Å². The summed E-state index contributed by atoms with van der Waals surface area (Å²) < 4.78 is 16.8. The van der Waals surface area contributed by atoms with Crippen LogP contribution in [0.25, 0.3) is 0 Å². The van der Waals surface area contributed by atoms with Crippen molar-refractivity contribution >= 4 is 29.4 Å².